The average Bonchev–Trinajstić information content (AvgIpc) is 2.60. The van der Waals surface area contributed by atoms with Crippen LogP contribution in [0.5, 0.6) is 0 Å². The number of aliphatic imine (C=N–C) groups is 1. The number of carbonyl (C=O) groups excluding carboxylic acids is 1. The van der Waals surface area contributed by atoms with E-state index in [2.05, 4.69) is 68.0 Å². The Hall–Kier alpha value is -2.88. The second-order valence-corrected chi connectivity index (χ2v) is 7.94. The quantitative estimate of drug-likeness (QED) is 0.694. The monoisotopic (exact) mass is 375 g/mol. The Kier molecular flexibility index (Phi) is 5.41. The molecule has 0 bridgehead atoms. The van der Waals surface area contributed by atoms with Gasteiger partial charge in [0.05, 0.1) is 11.2 Å². The van der Waals surface area contributed by atoms with Gasteiger partial charge in [-0.3, -0.25) is 9.79 Å². The minimum absolute atomic E-state index is 0.0174. The number of benzene rings is 2. The summed E-state index contributed by atoms with van der Waals surface area (Å²) in [6.07, 6.45) is 4.27. The minimum Gasteiger partial charge on any atom is -0.363 e. The van der Waals surface area contributed by atoms with Gasteiger partial charge in [-0.05, 0) is 87.7 Å². The van der Waals surface area contributed by atoms with Gasteiger partial charge < -0.3 is 10.2 Å². The maximum absolute atomic E-state index is 11.1. The van der Waals surface area contributed by atoms with Gasteiger partial charge in [0.2, 0.25) is 5.91 Å². The molecule has 2 aromatic carbocycles. The summed E-state index contributed by atoms with van der Waals surface area (Å²) in [6.45, 7) is 13.5. The molecule has 1 aliphatic rings. The summed E-state index contributed by atoms with van der Waals surface area (Å²) in [5.74, 6) is -0.0753. The molecule has 1 heterocycles. The van der Waals surface area contributed by atoms with Crippen molar-refractivity contribution in [1.29, 1.82) is 0 Å². The maximum atomic E-state index is 11.1. The fourth-order valence-electron chi connectivity index (χ4n) is 3.94. The van der Waals surface area contributed by atoms with Gasteiger partial charge in [-0.2, -0.15) is 0 Å². The molecule has 4 nitrogen and oxygen atoms in total. The van der Waals surface area contributed by atoms with Crippen LogP contribution in [0.25, 0.3) is 5.57 Å². The van der Waals surface area contributed by atoms with Crippen LogP contribution in [0, 0.1) is 6.92 Å². The molecule has 3 rings (SSSR count). The van der Waals surface area contributed by atoms with Crippen LogP contribution in [0.4, 0.5) is 17.1 Å². The number of carbonyl (C=O) groups is 1. The molecule has 2 aromatic rings. The van der Waals surface area contributed by atoms with Crippen LogP contribution in [0.2, 0.25) is 0 Å². The molecule has 0 atom stereocenters. The Bertz CT molecular complexity index is 953. The Labute approximate surface area is 168 Å². The van der Waals surface area contributed by atoms with Crippen LogP contribution in [-0.2, 0) is 4.79 Å². The zero-order valence-corrected chi connectivity index (χ0v) is 17.6. The van der Waals surface area contributed by atoms with E-state index < -0.39 is 0 Å². The van der Waals surface area contributed by atoms with E-state index in [1.807, 2.05) is 30.5 Å². The number of amides is 1. The molecule has 4 heteroatoms. The van der Waals surface area contributed by atoms with E-state index >= 15 is 0 Å². The summed E-state index contributed by atoms with van der Waals surface area (Å²) < 4.78 is 0. The van der Waals surface area contributed by atoms with Crippen LogP contribution >= 0.6 is 0 Å². The number of nitrogens with zero attached hydrogens (tertiary/aromatic N) is 2. The maximum Gasteiger partial charge on any atom is 0.221 e. The molecule has 1 aliphatic heterocycles. The van der Waals surface area contributed by atoms with Crippen LogP contribution in [0.15, 0.2) is 47.5 Å². The Morgan fingerprint density at radius 2 is 1.86 bits per heavy atom. The highest BCUT2D eigenvalue weighted by molar-refractivity contribution is 5.91. The van der Waals surface area contributed by atoms with Gasteiger partial charge in [0.1, 0.15) is 0 Å². The largest absolute Gasteiger partial charge is 0.363 e. The van der Waals surface area contributed by atoms with E-state index in [0.29, 0.717) is 0 Å². The first-order valence-electron chi connectivity index (χ1n) is 9.75. The number of fused-ring (bicyclic) bond motifs is 1. The van der Waals surface area contributed by atoms with Gasteiger partial charge in [-0.15, -0.1) is 0 Å². The zero-order chi connectivity index (χ0) is 20.5. The van der Waals surface area contributed by atoms with Gasteiger partial charge in [0.15, 0.2) is 0 Å². The molecule has 28 heavy (non-hydrogen) atoms. The highest BCUT2D eigenvalue weighted by Gasteiger charge is 2.30. The molecule has 0 saturated heterocycles. The van der Waals surface area contributed by atoms with Gasteiger partial charge in [0.25, 0.3) is 0 Å². The van der Waals surface area contributed by atoms with Crippen LogP contribution in [0.1, 0.15) is 51.3 Å². The molecular formula is C24H29N3O. The van der Waals surface area contributed by atoms with Gasteiger partial charge in [-0.25, -0.2) is 0 Å². The van der Waals surface area contributed by atoms with Crippen molar-refractivity contribution in [3.8, 4) is 0 Å². The van der Waals surface area contributed by atoms with E-state index in [1.165, 1.54) is 29.3 Å². The lowest BCUT2D eigenvalue weighted by Crippen LogP contribution is -2.45. The fraction of sp³-hybridized carbons (Fsp3) is 0.333. The number of nitrogens with one attached hydrogen (secondary N) is 1. The molecular weight excluding hydrogens is 346 g/mol. The van der Waals surface area contributed by atoms with Crippen molar-refractivity contribution in [2.24, 2.45) is 4.99 Å². The summed E-state index contributed by atoms with van der Waals surface area (Å²) in [5.41, 5.74) is 7.85. The van der Waals surface area contributed by atoms with Gasteiger partial charge >= 0.3 is 0 Å². The Morgan fingerprint density at radius 3 is 2.46 bits per heavy atom. The Morgan fingerprint density at radius 1 is 1.18 bits per heavy atom. The van der Waals surface area contributed by atoms with Crippen molar-refractivity contribution in [2.75, 3.05) is 16.8 Å². The van der Waals surface area contributed by atoms with E-state index in [-0.39, 0.29) is 11.4 Å². The third-order valence-corrected chi connectivity index (χ3v) is 5.22. The van der Waals surface area contributed by atoms with Crippen molar-refractivity contribution in [3.63, 3.8) is 0 Å². The first-order chi connectivity index (χ1) is 13.2. The van der Waals surface area contributed by atoms with Crippen LogP contribution in [-0.4, -0.2) is 24.2 Å². The zero-order valence-electron chi connectivity index (χ0n) is 17.6. The molecule has 1 N–H and O–H groups in total. The molecule has 0 fully saturated rings. The minimum atomic E-state index is -0.0753. The summed E-state index contributed by atoms with van der Waals surface area (Å²) in [7, 11) is 0. The summed E-state index contributed by atoms with van der Waals surface area (Å²) in [4.78, 5) is 18.2. The lowest BCUT2D eigenvalue weighted by Gasteiger charge is -2.43. The number of aryl methyl sites for hydroxylation is 1. The first kappa shape index (κ1) is 19.9. The number of hydrogen-bond acceptors (Lipinski definition) is 3. The fourth-order valence-corrected chi connectivity index (χ4v) is 3.94. The topological polar surface area (TPSA) is 44.7 Å². The van der Waals surface area contributed by atoms with Crippen molar-refractivity contribution < 1.29 is 4.79 Å². The molecule has 0 radical (unpaired) electrons. The van der Waals surface area contributed by atoms with Gasteiger partial charge in [-0.1, -0.05) is 6.08 Å². The molecule has 0 aromatic heterocycles. The smallest absolute Gasteiger partial charge is 0.221 e. The van der Waals surface area contributed by atoms with Crippen molar-refractivity contribution in [3.05, 3.63) is 59.2 Å². The highest BCUT2D eigenvalue weighted by Crippen LogP contribution is 2.39. The van der Waals surface area contributed by atoms with Gasteiger partial charge in [0, 0.05) is 36.6 Å². The van der Waals surface area contributed by atoms with Crippen LogP contribution in [0.3, 0.4) is 0 Å². The van der Waals surface area contributed by atoms with Crippen molar-refractivity contribution in [1.82, 2.24) is 0 Å². The Balaban J connectivity index is 1.91. The standard InChI is InChI=1S/C24H29N3O/c1-7-27-23-12-16(2)19(13-22(23)17(3)14-24(27,5)6)15-25-20-8-10-21(11-9-20)26-18(4)28/h8-15H,7H2,1-6H3,(H,26,28). The molecule has 0 unspecified atom stereocenters. The third-order valence-electron chi connectivity index (χ3n) is 5.22. The summed E-state index contributed by atoms with van der Waals surface area (Å²) >= 11 is 0. The summed E-state index contributed by atoms with van der Waals surface area (Å²) in [6, 6.07) is 12.1. The second kappa shape index (κ2) is 7.63. The highest BCUT2D eigenvalue weighted by atomic mass is 16.1. The summed E-state index contributed by atoms with van der Waals surface area (Å²) in [5, 5.41) is 2.77. The lowest BCUT2D eigenvalue weighted by molar-refractivity contribution is -0.114. The molecule has 1 amide bonds. The molecule has 0 spiro atoms. The predicted molar refractivity (Wildman–Crippen MR) is 120 cm³/mol. The molecule has 0 aliphatic carbocycles. The number of likely N-dealkylation sites (N-methyl/N-ethyl adjacent to an activating group) is 1. The van der Waals surface area contributed by atoms with Crippen LogP contribution < -0.4 is 10.2 Å². The number of rotatable bonds is 4. The third kappa shape index (κ3) is 4.01. The molecule has 146 valence electrons. The SMILES string of the molecule is CCN1c2cc(C)c(C=Nc3ccc(NC(C)=O)cc3)cc2C(C)=CC1(C)C. The van der Waals surface area contributed by atoms with E-state index in [0.717, 1.165) is 23.5 Å². The normalized spacial score (nSPS) is 15.4. The number of allylic oxidation sites excluding steroid dienone is 1. The lowest BCUT2D eigenvalue weighted by atomic mass is 9.87. The van der Waals surface area contributed by atoms with E-state index in [1.54, 1.807) is 0 Å². The van der Waals surface area contributed by atoms with Crippen molar-refractivity contribution in [2.45, 2.75) is 47.1 Å². The number of anilines is 2. The number of hydrogen-bond donors (Lipinski definition) is 1. The predicted octanol–water partition coefficient (Wildman–Crippen LogP) is 5.73. The second-order valence-electron chi connectivity index (χ2n) is 7.94. The average molecular weight is 376 g/mol. The van der Waals surface area contributed by atoms with E-state index in [9.17, 15) is 4.79 Å². The molecule has 0 saturated carbocycles. The van der Waals surface area contributed by atoms with E-state index in [4.69, 9.17) is 0 Å². The van der Waals surface area contributed by atoms with Crippen molar-refractivity contribution >= 4 is 34.8 Å². The first-order valence-corrected chi connectivity index (χ1v) is 9.75.